The minimum atomic E-state index is -0.584. The van der Waals surface area contributed by atoms with Gasteiger partial charge in [0.15, 0.2) is 0 Å². The van der Waals surface area contributed by atoms with Gasteiger partial charge in [0.05, 0.1) is 23.9 Å². The number of nitrogens with zero attached hydrogens (tertiary/aromatic N) is 4. The number of aromatic nitrogens is 4. The zero-order valence-electron chi connectivity index (χ0n) is 13.3. The quantitative estimate of drug-likeness (QED) is 0.667. The highest BCUT2D eigenvalue weighted by molar-refractivity contribution is 7.17. The monoisotopic (exact) mass is 379 g/mol. The molecule has 25 heavy (non-hydrogen) atoms. The first-order chi connectivity index (χ1) is 12.0. The summed E-state index contributed by atoms with van der Waals surface area (Å²) in [6, 6.07) is 0. The topological polar surface area (TPSA) is 116 Å². The molecule has 0 radical (unpaired) electrons. The summed E-state index contributed by atoms with van der Waals surface area (Å²) in [6.45, 7) is 3.40. The Morgan fingerprint density at radius 1 is 1.36 bits per heavy atom. The Morgan fingerprint density at radius 3 is 2.84 bits per heavy atom. The summed E-state index contributed by atoms with van der Waals surface area (Å²) in [5.74, 6) is -1.02. The van der Waals surface area contributed by atoms with E-state index in [1.54, 1.807) is 13.8 Å². The van der Waals surface area contributed by atoms with E-state index in [0.29, 0.717) is 15.0 Å². The molecular formula is C14H13N5O4S2. The molecule has 0 bridgehead atoms. The van der Waals surface area contributed by atoms with Gasteiger partial charge in [0.25, 0.3) is 5.56 Å². The van der Waals surface area contributed by atoms with Gasteiger partial charge in [0.2, 0.25) is 11.0 Å². The van der Waals surface area contributed by atoms with Gasteiger partial charge in [-0.1, -0.05) is 11.3 Å². The molecule has 0 aromatic carbocycles. The molecule has 0 saturated heterocycles. The lowest BCUT2D eigenvalue weighted by Gasteiger charge is -2.05. The number of carbonyl (C=O) groups is 2. The second-order valence-corrected chi connectivity index (χ2v) is 6.94. The molecule has 0 saturated carbocycles. The fourth-order valence-electron chi connectivity index (χ4n) is 2.10. The lowest BCUT2D eigenvalue weighted by molar-refractivity contribution is -0.116. The highest BCUT2D eigenvalue weighted by Crippen LogP contribution is 2.21. The fourth-order valence-corrected chi connectivity index (χ4v) is 3.57. The molecule has 0 unspecified atom stereocenters. The van der Waals surface area contributed by atoms with Crippen molar-refractivity contribution in [3.63, 3.8) is 0 Å². The first-order valence-corrected chi connectivity index (χ1v) is 8.93. The van der Waals surface area contributed by atoms with E-state index >= 15 is 0 Å². The number of anilines is 1. The molecule has 11 heteroatoms. The summed E-state index contributed by atoms with van der Waals surface area (Å²) >= 11 is 2.40. The predicted molar refractivity (Wildman–Crippen MR) is 93.1 cm³/mol. The van der Waals surface area contributed by atoms with Gasteiger partial charge in [-0.2, -0.15) is 0 Å². The maximum absolute atomic E-state index is 12.6. The largest absolute Gasteiger partial charge is 0.462 e. The number of esters is 1. The molecule has 1 N–H and O–H groups in total. The van der Waals surface area contributed by atoms with Crippen LogP contribution in [0, 0.1) is 6.92 Å². The zero-order valence-corrected chi connectivity index (χ0v) is 14.9. The van der Waals surface area contributed by atoms with E-state index in [0.717, 1.165) is 4.57 Å². The van der Waals surface area contributed by atoms with Gasteiger partial charge in [-0.15, -0.1) is 21.5 Å². The standard InChI is InChI=1S/C14H13N5O4S2/c1-3-23-13(22)8-5-24-11-10(8)12(21)19(6-15-11)4-9(20)16-14-18-17-7(2)25-14/h5-6H,3-4H2,1-2H3,(H,16,18,20). The summed E-state index contributed by atoms with van der Waals surface area (Å²) in [5, 5.41) is 12.9. The smallest absolute Gasteiger partial charge is 0.339 e. The van der Waals surface area contributed by atoms with E-state index in [9.17, 15) is 14.4 Å². The Labute approximate surface area is 149 Å². The molecule has 3 heterocycles. The van der Waals surface area contributed by atoms with Crippen molar-refractivity contribution in [2.75, 3.05) is 11.9 Å². The molecule has 3 rings (SSSR count). The minimum absolute atomic E-state index is 0.158. The first kappa shape index (κ1) is 17.2. The fraction of sp³-hybridized carbons (Fsp3) is 0.286. The van der Waals surface area contributed by atoms with Crippen molar-refractivity contribution in [2.24, 2.45) is 0 Å². The molecule has 1 amide bonds. The number of hydrogen-bond donors (Lipinski definition) is 1. The Bertz CT molecular complexity index is 1010. The van der Waals surface area contributed by atoms with Crippen molar-refractivity contribution < 1.29 is 14.3 Å². The summed E-state index contributed by atoms with van der Waals surface area (Å²) in [5.41, 5.74) is -0.313. The summed E-state index contributed by atoms with van der Waals surface area (Å²) in [4.78, 5) is 41.2. The van der Waals surface area contributed by atoms with Crippen molar-refractivity contribution >= 4 is 49.9 Å². The predicted octanol–water partition coefficient (Wildman–Crippen LogP) is 1.43. The Balaban J connectivity index is 1.88. The maximum Gasteiger partial charge on any atom is 0.339 e. The molecule has 0 aliphatic heterocycles. The molecule has 9 nitrogen and oxygen atoms in total. The molecule has 3 aromatic rings. The number of aryl methyl sites for hydroxylation is 1. The van der Waals surface area contributed by atoms with Crippen LogP contribution in [0.5, 0.6) is 0 Å². The van der Waals surface area contributed by atoms with Crippen molar-refractivity contribution in [3.8, 4) is 0 Å². The van der Waals surface area contributed by atoms with Gasteiger partial charge >= 0.3 is 5.97 Å². The number of fused-ring (bicyclic) bond motifs is 1. The lowest BCUT2D eigenvalue weighted by Crippen LogP contribution is -2.28. The Hall–Kier alpha value is -2.66. The van der Waals surface area contributed by atoms with Crippen LogP contribution in [0.3, 0.4) is 0 Å². The molecule has 0 aliphatic rings. The van der Waals surface area contributed by atoms with Gasteiger partial charge in [-0.25, -0.2) is 9.78 Å². The summed E-state index contributed by atoms with van der Waals surface area (Å²) in [7, 11) is 0. The summed E-state index contributed by atoms with van der Waals surface area (Å²) in [6.07, 6.45) is 1.28. The van der Waals surface area contributed by atoms with Crippen molar-refractivity contribution in [2.45, 2.75) is 20.4 Å². The van der Waals surface area contributed by atoms with Crippen LogP contribution in [0.2, 0.25) is 0 Å². The van der Waals surface area contributed by atoms with Crippen LogP contribution in [-0.4, -0.2) is 38.2 Å². The highest BCUT2D eigenvalue weighted by Gasteiger charge is 2.19. The maximum atomic E-state index is 12.6. The minimum Gasteiger partial charge on any atom is -0.462 e. The van der Waals surface area contributed by atoms with E-state index in [-0.39, 0.29) is 24.1 Å². The molecule has 0 fully saturated rings. The molecular weight excluding hydrogens is 366 g/mol. The summed E-state index contributed by atoms with van der Waals surface area (Å²) < 4.78 is 6.09. The number of hydrogen-bond acceptors (Lipinski definition) is 9. The number of thiophene rings is 1. The number of nitrogens with one attached hydrogen (secondary N) is 1. The lowest BCUT2D eigenvalue weighted by atomic mass is 10.2. The number of carbonyl (C=O) groups excluding carboxylic acids is 2. The van der Waals surface area contributed by atoms with E-state index < -0.39 is 17.4 Å². The van der Waals surface area contributed by atoms with E-state index in [4.69, 9.17) is 4.74 Å². The number of ether oxygens (including phenoxy) is 1. The van der Waals surface area contributed by atoms with Crippen molar-refractivity contribution in [1.29, 1.82) is 0 Å². The third-order valence-corrected chi connectivity index (χ3v) is 4.78. The van der Waals surface area contributed by atoms with E-state index in [1.165, 1.54) is 34.4 Å². The second kappa shape index (κ2) is 7.07. The molecule has 130 valence electrons. The molecule has 3 aromatic heterocycles. The Morgan fingerprint density at radius 2 is 2.16 bits per heavy atom. The molecule has 0 atom stereocenters. The van der Waals surface area contributed by atoms with E-state index in [1.807, 2.05) is 0 Å². The molecule has 0 spiro atoms. The second-order valence-electron chi connectivity index (χ2n) is 4.90. The van der Waals surface area contributed by atoms with Crippen LogP contribution in [0.1, 0.15) is 22.3 Å². The van der Waals surface area contributed by atoms with Crippen molar-refractivity contribution in [1.82, 2.24) is 19.7 Å². The van der Waals surface area contributed by atoms with Crippen LogP contribution in [-0.2, 0) is 16.1 Å². The first-order valence-electron chi connectivity index (χ1n) is 7.23. The highest BCUT2D eigenvalue weighted by atomic mass is 32.1. The van der Waals surface area contributed by atoms with Gasteiger partial charge in [-0.05, 0) is 13.8 Å². The van der Waals surface area contributed by atoms with Crippen LogP contribution >= 0.6 is 22.7 Å². The van der Waals surface area contributed by atoms with E-state index in [2.05, 4.69) is 20.5 Å². The van der Waals surface area contributed by atoms with Crippen molar-refractivity contribution in [3.05, 3.63) is 32.6 Å². The van der Waals surface area contributed by atoms with Crippen LogP contribution in [0.4, 0.5) is 5.13 Å². The van der Waals surface area contributed by atoms with Gasteiger partial charge in [-0.3, -0.25) is 19.5 Å². The van der Waals surface area contributed by atoms with Gasteiger partial charge < -0.3 is 4.74 Å². The third-order valence-electron chi connectivity index (χ3n) is 3.14. The van der Waals surface area contributed by atoms with Crippen LogP contribution in [0.25, 0.3) is 10.2 Å². The van der Waals surface area contributed by atoms with Crippen LogP contribution in [0.15, 0.2) is 16.5 Å². The number of amides is 1. The SMILES string of the molecule is CCOC(=O)c1csc2ncn(CC(=O)Nc3nnc(C)s3)c(=O)c12. The molecule has 0 aliphatic carbocycles. The average molecular weight is 379 g/mol. The third kappa shape index (κ3) is 3.56. The average Bonchev–Trinajstić information content (AvgIpc) is 3.17. The zero-order chi connectivity index (χ0) is 18.0. The van der Waals surface area contributed by atoms with Gasteiger partial charge in [0, 0.05) is 5.38 Å². The number of rotatable bonds is 5. The van der Waals surface area contributed by atoms with Crippen LogP contribution < -0.4 is 10.9 Å². The van der Waals surface area contributed by atoms with Gasteiger partial charge in [0.1, 0.15) is 16.4 Å². The normalized spacial score (nSPS) is 10.8. The Kier molecular flexibility index (Phi) is 4.86.